The van der Waals surface area contributed by atoms with Gasteiger partial charge in [0.15, 0.2) is 0 Å². The third-order valence-corrected chi connectivity index (χ3v) is 0. The predicted octanol–water partition coefficient (Wildman–Crippen LogP) is 0.600. The summed E-state index contributed by atoms with van der Waals surface area (Å²) in [7, 11) is 0. The van der Waals surface area contributed by atoms with Gasteiger partial charge < -0.3 is 17.9 Å². The summed E-state index contributed by atoms with van der Waals surface area (Å²) in [6.07, 6.45) is 0. The molecule has 0 aromatic carbocycles. The fourth-order valence-electron chi connectivity index (χ4n) is 0. The average Bonchev–Trinajstić information content (AvgIpc) is 1.00. The Morgan fingerprint density at radius 2 is 1.00 bits per heavy atom. The van der Waals surface area contributed by atoms with Gasteiger partial charge in [-0.2, -0.15) is 6.92 Å². The van der Waals surface area contributed by atoms with E-state index in [0.29, 0.717) is 0 Å². The quantitative estimate of drug-likeness (QED) is 0.323. The van der Waals surface area contributed by atoms with Crippen LogP contribution >= 0.6 is 0 Å². The molecule has 0 aromatic heterocycles. The molecular weight excluding hydrogens is 104 g/mol. The van der Waals surface area contributed by atoms with Gasteiger partial charge in [0.1, 0.15) is 0 Å². The van der Waals surface area contributed by atoms with Crippen LogP contribution in [0.2, 0.25) is 0 Å². The number of hydrogen-bond donors (Lipinski definition) is 0. The first-order chi connectivity index (χ1) is 1.00. The third kappa shape index (κ3) is 79.9. The molecule has 0 aliphatic heterocycles. The first kappa shape index (κ1) is 45.3. The van der Waals surface area contributed by atoms with E-state index in [1.54, 1.807) is 6.92 Å². The van der Waals surface area contributed by atoms with Crippen molar-refractivity contribution < 1.29 is 32.7 Å². The zero-order chi connectivity index (χ0) is 2.00. The van der Waals surface area contributed by atoms with Crippen molar-refractivity contribution in [1.29, 1.82) is 0 Å². The molecule has 0 saturated heterocycles. The van der Waals surface area contributed by atoms with Crippen molar-refractivity contribution in [3.8, 4) is 0 Å². The van der Waals surface area contributed by atoms with Gasteiger partial charge in [0, 0.05) is 0 Å². The van der Waals surface area contributed by atoms with Gasteiger partial charge in [0.05, 0.1) is 0 Å². The molecule has 0 radical (unpaired) electrons. The molecule has 0 rings (SSSR count). The second-order valence-corrected chi connectivity index (χ2v) is 0. The molecule has 30 valence electrons. The van der Waals surface area contributed by atoms with Crippen molar-refractivity contribution >= 4 is 0 Å². The zero-order valence-electron chi connectivity index (χ0n) is 3.02. The van der Waals surface area contributed by atoms with Gasteiger partial charge in [0.25, 0.3) is 0 Å². The fourth-order valence-corrected chi connectivity index (χ4v) is 0. The molecule has 0 spiro atoms. The molecule has 2 nitrogen and oxygen atoms in total. The van der Waals surface area contributed by atoms with E-state index in [4.69, 9.17) is 0 Å². The molecule has 0 fully saturated rings. The van der Waals surface area contributed by atoms with Crippen LogP contribution in [0.3, 0.4) is 0 Å². The normalized spacial score (nSPS) is 1.20. The average molecular weight is 109 g/mol. The number of hydrogen-bond acceptors (Lipinski definition) is 0. The predicted molar refractivity (Wildman–Crippen MR) is 12.4 cm³/mol. The van der Waals surface area contributed by atoms with Crippen LogP contribution < -0.4 is 0 Å². The van der Waals surface area contributed by atoms with Crippen LogP contribution in [0.25, 0.3) is 0 Å². The smallest absolute Gasteiger partial charge is 2.00 e. The molecule has 0 amide bonds. The van der Waals surface area contributed by atoms with E-state index in [1.807, 2.05) is 0 Å². The van der Waals surface area contributed by atoms with E-state index in [2.05, 4.69) is 6.92 Å². The molecular formula is C2H5O2Ti-. The van der Waals surface area contributed by atoms with Crippen LogP contribution in [-0.2, 0) is 32.7 Å². The van der Waals surface area contributed by atoms with E-state index in [9.17, 15) is 0 Å². The maximum atomic E-state index is 3.25. The fraction of sp³-hybridized carbons (Fsp3) is 0.500. The van der Waals surface area contributed by atoms with Crippen molar-refractivity contribution in [2.24, 2.45) is 0 Å². The van der Waals surface area contributed by atoms with Crippen molar-refractivity contribution in [3.63, 3.8) is 0 Å². The molecule has 0 aliphatic carbocycles. The summed E-state index contributed by atoms with van der Waals surface area (Å²) in [6.45, 7) is 5.00. The van der Waals surface area contributed by atoms with E-state index in [1.165, 1.54) is 0 Å². The van der Waals surface area contributed by atoms with Crippen molar-refractivity contribution in [1.82, 2.24) is 0 Å². The first-order valence-electron chi connectivity index (χ1n) is 0.707. The van der Waals surface area contributed by atoms with Gasteiger partial charge in [-0.25, -0.2) is 0 Å². The maximum absolute atomic E-state index is 3.25. The zero-order valence-corrected chi connectivity index (χ0v) is 4.59. The third-order valence-electron chi connectivity index (χ3n) is 0. The molecule has 0 unspecified atom stereocenters. The Hall–Kier alpha value is 0.634. The minimum atomic E-state index is 0. The topological polar surface area (TPSA) is 57.0 Å². The summed E-state index contributed by atoms with van der Waals surface area (Å²) in [5, 5.41) is 0. The van der Waals surface area contributed by atoms with Gasteiger partial charge in [-0.15, -0.1) is 0 Å². The van der Waals surface area contributed by atoms with E-state index >= 15 is 0 Å². The summed E-state index contributed by atoms with van der Waals surface area (Å²) in [6, 6.07) is 0. The summed E-state index contributed by atoms with van der Waals surface area (Å²) in [5.74, 6) is 0. The summed E-state index contributed by atoms with van der Waals surface area (Å²) >= 11 is 0. The van der Waals surface area contributed by atoms with Gasteiger partial charge in [-0.05, 0) is 0 Å². The Balaban J connectivity index is -0.00000000167. The Bertz CT molecular complexity index is 7.61. The second-order valence-electron chi connectivity index (χ2n) is 0. The standard InChI is InChI=1S/C2H5.2O.Ti/c1-2;;;/h1H2,2H3;;;/q-1;2*-2;+4. The minimum Gasteiger partial charge on any atom is -2.00 e. The van der Waals surface area contributed by atoms with Gasteiger partial charge in [0.2, 0.25) is 0 Å². The Morgan fingerprint density at radius 3 is 1.00 bits per heavy atom. The molecule has 0 aromatic rings. The van der Waals surface area contributed by atoms with Crippen LogP contribution in [0, 0.1) is 6.92 Å². The maximum Gasteiger partial charge on any atom is 4.00 e. The molecule has 3 heteroatoms. The van der Waals surface area contributed by atoms with Crippen LogP contribution in [-0.4, -0.2) is 0 Å². The monoisotopic (exact) mass is 109 g/mol. The molecule has 0 heterocycles. The van der Waals surface area contributed by atoms with Gasteiger partial charge in [-0.1, -0.05) is 0 Å². The van der Waals surface area contributed by atoms with Crippen LogP contribution in [0.1, 0.15) is 6.92 Å². The SMILES string of the molecule is [CH2-]C.[O-2].[O-2].[Ti+4]. The van der Waals surface area contributed by atoms with E-state index in [-0.39, 0.29) is 32.7 Å². The molecule has 0 saturated carbocycles. The molecule has 0 aliphatic rings. The van der Waals surface area contributed by atoms with Crippen molar-refractivity contribution in [2.45, 2.75) is 6.92 Å². The van der Waals surface area contributed by atoms with Crippen LogP contribution in [0.15, 0.2) is 0 Å². The van der Waals surface area contributed by atoms with Crippen molar-refractivity contribution in [2.75, 3.05) is 0 Å². The number of rotatable bonds is 0. The Labute approximate surface area is 47.1 Å². The summed E-state index contributed by atoms with van der Waals surface area (Å²) in [4.78, 5) is 0. The molecule has 5 heavy (non-hydrogen) atoms. The Kier molecular flexibility index (Phi) is 1380. The van der Waals surface area contributed by atoms with Gasteiger partial charge in [-0.3, -0.25) is 0 Å². The molecule has 0 N–H and O–H groups in total. The largest absolute Gasteiger partial charge is 4.00 e. The Morgan fingerprint density at radius 1 is 1.00 bits per heavy atom. The summed E-state index contributed by atoms with van der Waals surface area (Å²) < 4.78 is 0. The van der Waals surface area contributed by atoms with Gasteiger partial charge >= 0.3 is 21.7 Å². The minimum absolute atomic E-state index is 0. The van der Waals surface area contributed by atoms with E-state index in [0.717, 1.165) is 0 Å². The van der Waals surface area contributed by atoms with E-state index < -0.39 is 0 Å². The first-order valence-corrected chi connectivity index (χ1v) is 0.707. The van der Waals surface area contributed by atoms with Crippen LogP contribution in [0.5, 0.6) is 0 Å². The summed E-state index contributed by atoms with van der Waals surface area (Å²) in [5.41, 5.74) is 0. The van der Waals surface area contributed by atoms with Crippen LogP contribution in [0.4, 0.5) is 0 Å². The van der Waals surface area contributed by atoms with Crippen molar-refractivity contribution in [3.05, 3.63) is 6.92 Å². The molecule has 0 bridgehead atoms. The molecule has 0 atom stereocenters. The second kappa shape index (κ2) is 152.